The van der Waals surface area contributed by atoms with E-state index in [4.69, 9.17) is 5.73 Å². The van der Waals surface area contributed by atoms with Crippen LogP contribution in [0.25, 0.3) is 61.0 Å². The Morgan fingerprint density at radius 2 is 1.14 bits per heavy atom. The fraction of sp³-hybridized carbons (Fsp3) is 0.143. The minimum atomic E-state index is -0.393. The standard InChI is InChI=1S/C56H48N2/c1-55(2)49-30-16-27-45(52(49)47-34-38-20-8-9-21-39(38)35-50(47)55)42-23-10-11-25-44(42)51(58-54(57)37-18-6-5-7-19-37)32-31-36-17-14-22-40(33-36)41-26-15-28-46-43-24-12-13-29-48(43)56(3,4)53(41)46/h5-30,32-35,54,58H,31,57H2,1-4H3/b51-32-. The van der Waals surface area contributed by atoms with Crippen LogP contribution in [0, 0.1) is 0 Å². The van der Waals surface area contributed by atoms with Crippen LogP contribution in [0.15, 0.2) is 182 Å². The van der Waals surface area contributed by atoms with Crippen LogP contribution in [-0.4, -0.2) is 0 Å². The average molecular weight is 749 g/mol. The molecule has 8 aromatic rings. The van der Waals surface area contributed by atoms with Gasteiger partial charge in [0.25, 0.3) is 0 Å². The monoisotopic (exact) mass is 748 g/mol. The summed E-state index contributed by atoms with van der Waals surface area (Å²) in [5.41, 5.74) is 27.0. The molecule has 0 aromatic heterocycles. The summed E-state index contributed by atoms with van der Waals surface area (Å²) in [7, 11) is 0. The molecule has 2 heteroatoms. The van der Waals surface area contributed by atoms with Crippen LogP contribution in [0.1, 0.15) is 72.8 Å². The number of hydrogen-bond donors (Lipinski definition) is 2. The van der Waals surface area contributed by atoms with Gasteiger partial charge in [-0.2, -0.15) is 0 Å². The van der Waals surface area contributed by atoms with Crippen LogP contribution >= 0.6 is 0 Å². The molecule has 0 amide bonds. The molecule has 1 unspecified atom stereocenters. The predicted molar refractivity (Wildman–Crippen MR) is 245 cm³/mol. The highest BCUT2D eigenvalue weighted by Gasteiger charge is 2.38. The summed E-state index contributed by atoms with van der Waals surface area (Å²) in [6, 6.07) is 64.3. The van der Waals surface area contributed by atoms with E-state index < -0.39 is 6.17 Å². The van der Waals surface area contributed by atoms with Crippen molar-refractivity contribution in [2.75, 3.05) is 0 Å². The molecule has 0 bridgehead atoms. The fourth-order valence-corrected chi connectivity index (χ4v) is 9.98. The molecule has 0 spiro atoms. The normalized spacial score (nSPS) is 15.0. The lowest BCUT2D eigenvalue weighted by Crippen LogP contribution is -2.27. The van der Waals surface area contributed by atoms with Crippen molar-refractivity contribution in [1.82, 2.24) is 5.32 Å². The Kier molecular flexibility index (Phi) is 8.58. The minimum Gasteiger partial charge on any atom is -0.366 e. The first-order valence-electron chi connectivity index (χ1n) is 20.6. The van der Waals surface area contributed by atoms with Crippen molar-refractivity contribution in [3.63, 3.8) is 0 Å². The molecule has 2 aliphatic rings. The number of allylic oxidation sites excluding steroid dienone is 1. The summed E-state index contributed by atoms with van der Waals surface area (Å²) < 4.78 is 0. The molecular formula is C56H48N2. The van der Waals surface area contributed by atoms with Crippen molar-refractivity contribution in [1.29, 1.82) is 0 Å². The van der Waals surface area contributed by atoms with E-state index in [1.54, 1.807) is 0 Å². The molecule has 0 fully saturated rings. The van der Waals surface area contributed by atoms with Crippen LogP contribution in [-0.2, 0) is 17.3 Å². The van der Waals surface area contributed by atoms with Gasteiger partial charge in [-0.25, -0.2) is 0 Å². The second kappa shape index (κ2) is 13.9. The Balaban J connectivity index is 1.08. The van der Waals surface area contributed by atoms with Gasteiger partial charge in [-0.05, 0) is 107 Å². The number of nitrogens with one attached hydrogen (secondary N) is 1. The van der Waals surface area contributed by atoms with Crippen molar-refractivity contribution in [2.24, 2.45) is 5.73 Å². The smallest absolute Gasteiger partial charge is 0.101 e. The number of nitrogens with two attached hydrogens (primary N) is 1. The zero-order valence-electron chi connectivity index (χ0n) is 33.7. The largest absolute Gasteiger partial charge is 0.366 e. The van der Waals surface area contributed by atoms with Crippen LogP contribution in [0.2, 0.25) is 0 Å². The van der Waals surface area contributed by atoms with Gasteiger partial charge in [0.15, 0.2) is 0 Å². The molecule has 58 heavy (non-hydrogen) atoms. The highest BCUT2D eigenvalue weighted by molar-refractivity contribution is 6.00. The maximum Gasteiger partial charge on any atom is 0.101 e. The van der Waals surface area contributed by atoms with Crippen molar-refractivity contribution >= 4 is 16.5 Å². The first-order chi connectivity index (χ1) is 28.2. The van der Waals surface area contributed by atoms with Gasteiger partial charge in [0.1, 0.15) is 6.17 Å². The van der Waals surface area contributed by atoms with E-state index >= 15 is 0 Å². The van der Waals surface area contributed by atoms with Gasteiger partial charge in [-0.3, -0.25) is 0 Å². The van der Waals surface area contributed by atoms with Crippen molar-refractivity contribution in [2.45, 2.75) is 51.1 Å². The van der Waals surface area contributed by atoms with Gasteiger partial charge in [0, 0.05) is 22.1 Å². The Bertz CT molecular complexity index is 2910. The van der Waals surface area contributed by atoms with E-state index in [1.807, 2.05) is 6.07 Å². The summed E-state index contributed by atoms with van der Waals surface area (Å²) in [5.74, 6) is 0. The van der Waals surface area contributed by atoms with Gasteiger partial charge in [-0.1, -0.05) is 198 Å². The van der Waals surface area contributed by atoms with Gasteiger partial charge in [0.2, 0.25) is 0 Å². The third-order valence-electron chi connectivity index (χ3n) is 12.9. The van der Waals surface area contributed by atoms with Crippen LogP contribution in [0.4, 0.5) is 0 Å². The van der Waals surface area contributed by atoms with Crippen molar-refractivity contribution < 1.29 is 0 Å². The van der Waals surface area contributed by atoms with E-state index in [-0.39, 0.29) is 10.8 Å². The topological polar surface area (TPSA) is 38.0 Å². The van der Waals surface area contributed by atoms with E-state index in [1.165, 1.54) is 83.1 Å². The summed E-state index contributed by atoms with van der Waals surface area (Å²) in [6.07, 6.45) is 2.68. The number of benzene rings is 8. The number of fused-ring (bicyclic) bond motifs is 7. The first kappa shape index (κ1) is 35.9. The van der Waals surface area contributed by atoms with E-state index in [0.717, 1.165) is 23.2 Å². The fourth-order valence-electron chi connectivity index (χ4n) is 9.98. The molecule has 0 saturated heterocycles. The molecule has 0 radical (unpaired) electrons. The Hall–Kier alpha value is -6.48. The van der Waals surface area contributed by atoms with E-state index in [9.17, 15) is 0 Å². The lowest BCUT2D eigenvalue weighted by atomic mass is 9.78. The van der Waals surface area contributed by atoms with Crippen molar-refractivity contribution in [3.8, 4) is 44.5 Å². The second-order valence-electron chi connectivity index (χ2n) is 17.1. The molecule has 3 N–H and O–H groups in total. The zero-order valence-corrected chi connectivity index (χ0v) is 33.7. The Labute approximate surface area is 342 Å². The molecular weight excluding hydrogens is 701 g/mol. The summed E-state index contributed by atoms with van der Waals surface area (Å²) in [6.45, 7) is 9.46. The zero-order chi connectivity index (χ0) is 39.6. The van der Waals surface area contributed by atoms with E-state index in [0.29, 0.717) is 0 Å². The van der Waals surface area contributed by atoms with Gasteiger partial charge in [0.05, 0.1) is 0 Å². The minimum absolute atomic E-state index is 0.0900. The summed E-state index contributed by atoms with van der Waals surface area (Å²) in [5, 5.41) is 6.34. The average Bonchev–Trinajstić information content (AvgIpc) is 3.64. The van der Waals surface area contributed by atoms with Crippen LogP contribution in [0.3, 0.4) is 0 Å². The second-order valence-corrected chi connectivity index (χ2v) is 17.1. The Morgan fingerprint density at radius 1 is 0.517 bits per heavy atom. The third-order valence-corrected chi connectivity index (χ3v) is 12.9. The molecule has 2 nitrogen and oxygen atoms in total. The summed E-state index contributed by atoms with van der Waals surface area (Å²) >= 11 is 0. The lowest BCUT2D eigenvalue weighted by Gasteiger charge is -2.24. The molecule has 8 aromatic carbocycles. The lowest BCUT2D eigenvalue weighted by molar-refractivity contribution is 0.661. The van der Waals surface area contributed by atoms with Crippen LogP contribution < -0.4 is 11.1 Å². The van der Waals surface area contributed by atoms with E-state index in [2.05, 4.69) is 209 Å². The number of rotatable bonds is 8. The molecule has 1 atom stereocenters. The quantitative estimate of drug-likeness (QED) is 0.152. The summed E-state index contributed by atoms with van der Waals surface area (Å²) in [4.78, 5) is 0. The molecule has 2 aliphatic carbocycles. The van der Waals surface area contributed by atoms with Gasteiger partial charge in [-0.15, -0.1) is 0 Å². The highest BCUT2D eigenvalue weighted by atomic mass is 15.0. The maximum atomic E-state index is 6.99. The first-order valence-corrected chi connectivity index (χ1v) is 20.6. The molecule has 0 heterocycles. The predicted octanol–water partition coefficient (Wildman–Crippen LogP) is 13.6. The molecule has 0 saturated carbocycles. The van der Waals surface area contributed by atoms with Crippen LogP contribution in [0.5, 0.6) is 0 Å². The van der Waals surface area contributed by atoms with Gasteiger partial charge < -0.3 is 11.1 Å². The molecule has 10 rings (SSSR count). The Morgan fingerprint density at radius 3 is 1.97 bits per heavy atom. The number of hydrogen-bond acceptors (Lipinski definition) is 2. The van der Waals surface area contributed by atoms with Gasteiger partial charge >= 0.3 is 0 Å². The maximum absolute atomic E-state index is 6.99. The highest BCUT2D eigenvalue weighted by Crippen LogP contribution is 2.54. The third kappa shape index (κ3) is 5.82. The van der Waals surface area contributed by atoms with Crippen molar-refractivity contribution in [3.05, 3.63) is 221 Å². The molecule has 0 aliphatic heterocycles. The molecule has 282 valence electrons. The SMILES string of the molecule is CC1(C)c2cc3ccccc3cc2-c2c(-c3ccccc3/C(=C/Cc3cccc(-c4cccc5c4C(C)(C)c4ccccc4-5)c3)NC(N)c3ccccc3)cccc21.